The number of carbonyl (C=O) groups is 2. The van der Waals surface area contributed by atoms with Crippen LogP contribution in [0.1, 0.15) is 28.7 Å². The molecule has 3 aromatic carbocycles. The number of rotatable bonds is 10. The van der Waals surface area contributed by atoms with Gasteiger partial charge >= 0.3 is 0 Å². The molecule has 3 rings (SSSR count). The van der Waals surface area contributed by atoms with Crippen molar-refractivity contribution in [2.24, 2.45) is 0 Å². The Morgan fingerprint density at radius 2 is 1.61 bits per heavy atom. The van der Waals surface area contributed by atoms with E-state index in [1.54, 1.807) is 19.1 Å². The summed E-state index contributed by atoms with van der Waals surface area (Å²) in [6, 6.07) is 25.0. The van der Waals surface area contributed by atoms with E-state index in [-0.39, 0.29) is 11.8 Å². The Morgan fingerprint density at radius 3 is 2.27 bits per heavy atom. The first kappa shape index (κ1) is 24.1. The standard InChI is InChI=1S/C28H32N2O3/c1-21-12-14-22(15-13-21)16-17-27(31)30(20-24-10-7-11-25(18-24)33-3)26(28(32)29-2)19-23-8-5-4-6-9-23/h4-15,18,26H,16-17,19-20H2,1-3H3,(H,29,32). The molecule has 0 bridgehead atoms. The van der Waals surface area contributed by atoms with Crippen molar-refractivity contribution in [3.63, 3.8) is 0 Å². The van der Waals surface area contributed by atoms with Crippen LogP contribution in [0.2, 0.25) is 0 Å². The predicted molar refractivity (Wildman–Crippen MR) is 131 cm³/mol. The van der Waals surface area contributed by atoms with Crippen LogP contribution in [-0.2, 0) is 29.0 Å². The second-order valence-electron chi connectivity index (χ2n) is 8.18. The molecule has 0 heterocycles. The Morgan fingerprint density at radius 1 is 0.909 bits per heavy atom. The van der Waals surface area contributed by atoms with Crippen LogP contribution in [0.3, 0.4) is 0 Å². The molecule has 1 N–H and O–H groups in total. The van der Waals surface area contributed by atoms with Gasteiger partial charge in [-0.2, -0.15) is 0 Å². The summed E-state index contributed by atoms with van der Waals surface area (Å²) in [5, 5.41) is 2.75. The number of ether oxygens (including phenoxy) is 1. The Labute approximate surface area is 196 Å². The third-order valence-electron chi connectivity index (χ3n) is 5.75. The van der Waals surface area contributed by atoms with E-state index in [0.29, 0.717) is 25.8 Å². The zero-order valence-corrected chi connectivity index (χ0v) is 19.6. The van der Waals surface area contributed by atoms with Gasteiger partial charge in [0, 0.05) is 26.4 Å². The normalized spacial score (nSPS) is 11.5. The Balaban J connectivity index is 1.87. The van der Waals surface area contributed by atoms with Crippen molar-refractivity contribution in [1.82, 2.24) is 10.2 Å². The maximum atomic E-state index is 13.5. The molecule has 0 aliphatic rings. The number of carbonyl (C=O) groups excluding carboxylic acids is 2. The fraction of sp³-hybridized carbons (Fsp3) is 0.286. The van der Waals surface area contributed by atoms with Gasteiger partial charge < -0.3 is 15.0 Å². The molecule has 0 spiro atoms. The molecule has 0 fully saturated rings. The first-order chi connectivity index (χ1) is 16.0. The minimum atomic E-state index is -0.617. The number of aryl methyl sites for hydroxylation is 2. The van der Waals surface area contributed by atoms with Gasteiger partial charge in [-0.25, -0.2) is 0 Å². The van der Waals surface area contributed by atoms with Gasteiger partial charge in [-0.15, -0.1) is 0 Å². The summed E-state index contributed by atoms with van der Waals surface area (Å²) in [4.78, 5) is 28.2. The van der Waals surface area contributed by atoms with E-state index in [2.05, 4.69) is 29.6 Å². The molecule has 0 saturated heterocycles. The van der Waals surface area contributed by atoms with Gasteiger partial charge in [0.25, 0.3) is 0 Å². The van der Waals surface area contributed by atoms with Crippen LogP contribution < -0.4 is 10.1 Å². The maximum absolute atomic E-state index is 13.5. The number of hydrogen-bond donors (Lipinski definition) is 1. The zero-order chi connectivity index (χ0) is 23.6. The number of amides is 2. The summed E-state index contributed by atoms with van der Waals surface area (Å²) in [6.07, 6.45) is 1.40. The molecule has 172 valence electrons. The molecule has 5 heteroatoms. The molecule has 5 nitrogen and oxygen atoms in total. The molecule has 0 radical (unpaired) electrons. The number of nitrogens with one attached hydrogen (secondary N) is 1. The van der Waals surface area contributed by atoms with Crippen LogP contribution in [0.25, 0.3) is 0 Å². The molecule has 0 aliphatic heterocycles. The number of hydrogen-bond acceptors (Lipinski definition) is 3. The summed E-state index contributed by atoms with van der Waals surface area (Å²) in [5.41, 5.74) is 4.22. The fourth-order valence-electron chi connectivity index (χ4n) is 3.84. The lowest BCUT2D eigenvalue weighted by molar-refractivity contribution is -0.141. The highest BCUT2D eigenvalue weighted by Crippen LogP contribution is 2.19. The Hall–Kier alpha value is -3.60. The Kier molecular flexibility index (Phi) is 8.64. The first-order valence-corrected chi connectivity index (χ1v) is 11.2. The van der Waals surface area contributed by atoms with Crippen molar-refractivity contribution in [2.45, 2.75) is 38.8 Å². The van der Waals surface area contributed by atoms with E-state index < -0.39 is 6.04 Å². The molecule has 1 atom stereocenters. The lowest BCUT2D eigenvalue weighted by atomic mass is 10.0. The average molecular weight is 445 g/mol. The molecular weight excluding hydrogens is 412 g/mol. The molecule has 0 aliphatic carbocycles. The first-order valence-electron chi connectivity index (χ1n) is 11.2. The van der Waals surface area contributed by atoms with Crippen LogP contribution in [0.15, 0.2) is 78.9 Å². The number of likely N-dealkylation sites (N-methyl/N-ethyl adjacent to an activating group) is 1. The largest absolute Gasteiger partial charge is 0.497 e. The summed E-state index contributed by atoms with van der Waals surface area (Å²) in [7, 11) is 3.23. The lowest BCUT2D eigenvalue weighted by Gasteiger charge is -2.31. The lowest BCUT2D eigenvalue weighted by Crippen LogP contribution is -2.49. The predicted octanol–water partition coefficient (Wildman–Crippen LogP) is 4.32. The van der Waals surface area contributed by atoms with Crippen molar-refractivity contribution in [3.05, 3.63) is 101 Å². The van der Waals surface area contributed by atoms with Crippen molar-refractivity contribution in [3.8, 4) is 5.75 Å². The van der Waals surface area contributed by atoms with Crippen molar-refractivity contribution < 1.29 is 14.3 Å². The summed E-state index contributed by atoms with van der Waals surface area (Å²) in [6.45, 7) is 2.37. The van der Waals surface area contributed by atoms with Crippen LogP contribution in [-0.4, -0.2) is 36.9 Å². The third kappa shape index (κ3) is 6.94. The van der Waals surface area contributed by atoms with Gasteiger partial charge in [-0.05, 0) is 42.2 Å². The second-order valence-corrected chi connectivity index (χ2v) is 8.18. The number of nitrogens with zero attached hydrogens (tertiary/aromatic N) is 1. The monoisotopic (exact) mass is 444 g/mol. The number of benzene rings is 3. The maximum Gasteiger partial charge on any atom is 0.242 e. The minimum absolute atomic E-state index is 0.0528. The highest BCUT2D eigenvalue weighted by Gasteiger charge is 2.29. The molecule has 2 amide bonds. The van der Waals surface area contributed by atoms with Gasteiger partial charge in [-0.1, -0.05) is 72.3 Å². The number of methoxy groups -OCH3 is 1. The van der Waals surface area contributed by atoms with Crippen LogP contribution >= 0.6 is 0 Å². The molecule has 1 unspecified atom stereocenters. The molecular formula is C28H32N2O3. The third-order valence-corrected chi connectivity index (χ3v) is 5.75. The van der Waals surface area contributed by atoms with E-state index in [1.165, 1.54) is 5.56 Å². The second kappa shape index (κ2) is 11.9. The smallest absolute Gasteiger partial charge is 0.242 e. The highest BCUT2D eigenvalue weighted by molar-refractivity contribution is 5.88. The zero-order valence-electron chi connectivity index (χ0n) is 19.6. The minimum Gasteiger partial charge on any atom is -0.497 e. The Bertz CT molecular complexity index is 1050. The van der Waals surface area contributed by atoms with E-state index in [4.69, 9.17) is 4.74 Å². The molecule has 0 aromatic heterocycles. The van der Waals surface area contributed by atoms with Gasteiger partial charge in [0.1, 0.15) is 11.8 Å². The van der Waals surface area contributed by atoms with Gasteiger partial charge in [0.15, 0.2) is 0 Å². The van der Waals surface area contributed by atoms with Crippen LogP contribution in [0.4, 0.5) is 0 Å². The van der Waals surface area contributed by atoms with Crippen molar-refractivity contribution >= 4 is 11.8 Å². The van der Waals surface area contributed by atoms with Crippen LogP contribution in [0, 0.1) is 6.92 Å². The van der Waals surface area contributed by atoms with E-state index in [1.807, 2.05) is 61.5 Å². The van der Waals surface area contributed by atoms with Gasteiger partial charge in [0.2, 0.25) is 11.8 Å². The highest BCUT2D eigenvalue weighted by atomic mass is 16.5. The SMILES string of the molecule is CNC(=O)C(Cc1ccccc1)N(Cc1cccc(OC)c1)C(=O)CCc1ccc(C)cc1. The average Bonchev–Trinajstić information content (AvgIpc) is 2.86. The molecule has 33 heavy (non-hydrogen) atoms. The van der Waals surface area contributed by atoms with E-state index in [0.717, 1.165) is 22.4 Å². The molecule has 0 saturated carbocycles. The van der Waals surface area contributed by atoms with E-state index >= 15 is 0 Å². The fourth-order valence-corrected chi connectivity index (χ4v) is 3.84. The van der Waals surface area contributed by atoms with E-state index in [9.17, 15) is 9.59 Å². The van der Waals surface area contributed by atoms with Crippen LogP contribution in [0.5, 0.6) is 5.75 Å². The summed E-state index contributed by atoms with van der Waals surface area (Å²) < 4.78 is 5.35. The summed E-state index contributed by atoms with van der Waals surface area (Å²) in [5.74, 6) is 0.493. The molecule has 3 aromatic rings. The quantitative estimate of drug-likeness (QED) is 0.507. The van der Waals surface area contributed by atoms with Crippen molar-refractivity contribution in [2.75, 3.05) is 14.2 Å². The summed E-state index contributed by atoms with van der Waals surface area (Å²) >= 11 is 0. The van der Waals surface area contributed by atoms with Gasteiger partial charge in [-0.3, -0.25) is 9.59 Å². The van der Waals surface area contributed by atoms with Crippen molar-refractivity contribution in [1.29, 1.82) is 0 Å². The van der Waals surface area contributed by atoms with Gasteiger partial charge in [0.05, 0.1) is 7.11 Å². The topological polar surface area (TPSA) is 58.6 Å².